The average Bonchev–Trinajstić information content (AvgIpc) is 2.82. The Balaban J connectivity index is 1.83. The van der Waals surface area contributed by atoms with Gasteiger partial charge in [0.15, 0.2) is 0 Å². The summed E-state index contributed by atoms with van der Waals surface area (Å²) in [5.41, 5.74) is 1.96. The van der Waals surface area contributed by atoms with E-state index in [2.05, 4.69) is 5.32 Å². The highest BCUT2D eigenvalue weighted by molar-refractivity contribution is 6.08. The van der Waals surface area contributed by atoms with Gasteiger partial charge in [-0.1, -0.05) is 30.3 Å². The van der Waals surface area contributed by atoms with Crippen molar-refractivity contribution in [1.82, 2.24) is 5.32 Å². The lowest BCUT2D eigenvalue weighted by molar-refractivity contribution is -0.139. The molecular weight excluding hydrogens is 344 g/mol. The third-order valence-corrected chi connectivity index (χ3v) is 5.02. The fraction of sp³-hybridized carbons (Fsp3) is 0.286. The van der Waals surface area contributed by atoms with Crippen LogP contribution >= 0.6 is 0 Å². The molecule has 0 saturated heterocycles. The van der Waals surface area contributed by atoms with Crippen molar-refractivity contribution in [1.29, 1.82) is 0 Å². The van der Waals surface area contributed by atoms with Crippen LogP contribution in [0.25, 0.3) is 0 Å². The third-order valence-electron chi connectivity index (χ3n) is 5.02. The summed E-state index contributed by atoms with van der Waals surface area (Å²) in [6.45, 7) is 3.63. The maximum absolute atomic E-state index is 12.7. The standard InChI is InChI=1S/C21H22N2O4/c1-21(2)15-12-14(9-10-17(15)23(3)20(21)27)18(24)22-16(19(25)26)11-13-7-5-4-6-8-13/h4-10,12,16H,11H2,1-3H3,(H,22,24)(H,25,26)/t16-/m1/s1. The van der Waals surface area contributed by atoms with Gasteiger partial charge in [0.05, 0.1) is 5.41 Å². The van der Waals surface area contributed by atoms with Gasteiger partial charge in [-0.3, -0.25) is 9.59 Å². The summed E-state index contributed by atoms with van der Waals surface area (Å²) < 4.78 is 0. The number of nitrogens with one attached hydrogen (secondary N) is 1. The number of aliphatic carboxylic acids is 1. The van der Waals surface area contributed by atoms with Gasteiger partial charge in [0.2, 0.25) is 5.91 Å². The van der Waals surface area contributed by atoms with E-state index in [0.717, 1.165) is 16.8 Å². The molecule has 6 nitrogen and oxygen atoms in total. The minimum absolute atomic E-state index is 0.0393. The SMILES string of the molecule is CN1C(=O)C(C)(C)c2cc(C(=O)N[C@H](Cc3ccccc3)C(=O)O)ccc21. The molecule has 2 amide bonds. The molecule has 0 radical (unpaired) electrons. The molecule has 27 heavy (non-hydrogen) atoms. The molecule has 3 rings (SSSR count). The quantitative estimate of drug-likeness (QED) is 0.851. The lowest BCUT2D eigenvalue weighted by atomic mass is 9.85. The van der Waals surface area contributed by atoms with Crippen LogP contribution in [0, 0.1) is 0 Å². The van der Waals surface area contributed by atoms with Gasteiger partial charge in [-0.15, -0.1) is 0 Å². The van der Waals surface area contributed by atoms with Crippen molar-refractivity contribution in [3.05, 3.63) is 65.2 Å². The van der Waals surface area contributed by atoms with E-state index in [9.17, 15) is 19.5 Å². The van der Waals surface area contributed by atoms with E-state index in [1.54, 1.807) is 30.1 Å². The summed E-state index contributed by atoms with van der Waals surface area (Å²) in [4.78, 5) is 38.2. The largest absolute Gasteiger partial charge is 0.480 e. The maximum Gasteiger partial charge on any atom is 0.326 e. The first-order valence-corrected chi connectivity index (χ1v) is 8.72. The topological polar surface area (TPSA) is 86.7 Å². The Morgan fingerprint density at radius 1 is 1.15 bits per heavy atom. The van der Waals surface area contributed by atoms with Gasteiger partial charge in [-0.05, 0) is 43.2 Å². The molecule has 2 N–H and O–H groups in total. The summed E-state index contributed by atoms with van der Waals surface area (Å²) in [7, 11) is 1.70. The van der Waals surface area contributed by atoms with Crippen molar-refractivity contribution >= 4 is 23.5 Å². The zero-order valence-corrected chi connectivity index (χ0v) is 15.5. The minimum atomic E-state index is -1.09. The normalized spacial score (nSPS) is 16.0. The number of nitrogens with zero attached hydrogens (tertiary/aromatic N) is 1. The van der Waals surface area contributed by atoms with Crippen LogP contribution in [0.15, 0.2) is 48.5 Å². The highest BCUT2D eigenvalue weighted by Gasteiger charge is 2.42. The fourth-order valence-electron chi connectivity index (χ4n) is 3.41. The maximum atomic E-state index is 12.7. The van der Waals surface area contributed by atoms with E-state index in [1.807, 2.05) is 44.2 Å². The monoisotopic (exact) mass is 366 g/mol. The van der Waals surface area contributed by atoms with Crippen LogP contribution in [0.3, 0.4) is 0 Å². The molecule has 0 spiro atoms. The molecule has 1 heterocycles. The Morgan fingerprint density at radius 2 is 1.81 bits per heavy atom. The highest BCUT2D eigenvalue weighted by atomic mass is 16.4. The molecule has 1 aliphatic heterocycles. The number of hydrogen-bond donors (Lipinski definition) is 2. The van der Waals surface area contributed by atoms with Crippen LogP contribution in [0.1, 0.15) is 35.3 Å². The molecule has 0 saturated carbocycles. The van der Waals surface area contributed by atoms with E-state index >= 15 is 0 Å². The van der Waals surface area contributed by atoms with Crippen LogP contribution in [0.5, 0.6) is 0 Å². The van der Waals surface area contributed by atoms with Crippen LogP contribution < -0.4 is 10.2 Å². The Morgan fingerprint density at radius 3 is 2.44 bits per heavy atom. The zero-order chi connectivity index (χ0) is 19.8. The van der Waals surface area contributed by atoms with Crippen LogP contribution in [-0.4, -0.2) is 36.0 Å². The first-order valence-electron chi connectivity index (χ1n) is 8.72. The Bertz CT molecular complexity index is 906. The minimum Gasteiger partial charge on any atom is -0.480 e. The summed E-state index contributed by atoms with van der Waals surface area (Å²) in [6.07, 6.45) is 0.194. The summed E-state index contributed by atoms with van der Waals surface area (Å²) >= 11 is 0. The Hall–Kier alpha value is -3.15. The number of anilines is 1. The van der Waals surface area contributed by atoms with Crippen molar-refractivity contribution in [3.63, 3.8) is 0 Å². The first kappa shape index (κ1) is 18.6. The molecule has 1 aliphatic rings. The van der Waals surface area contributed by atoms with Gasteiger partial charge in [0.25, 0.3) is 5.91 Å². The number of carboxylic acids is 1. The molecular formula is C21H22N2O4. The van der Waals surface area contributed by atoms with Crippen molar-refractivity contribution in [2.24, 2.45) is 0 Å². The highest BCUT2D eigenvalue weighted by Crippen LogP contribution is 2.41. The number of fused-ring (bicyclic) bond motifs is 1. The second-order valence-electron chi connectivity index (χ2n) is 7.28. The van der Waals surface area contributed by atoms with Gasteiger partial charge in [-0.2, -0.15) is 0 Å². The van der Waals surface area contributed by atoms with Gasteiger partial charge < -0.3 is 15.3 Å². The smallest absolute Gasteiger partial charge is 0.326 e. The fourth-order valence-corrected chi connectivity index (χ4v) is 3.41. The first-order chi connectivity index (χ1) is 12.7. The van der Waals surface area contributed by atoms with Crippen molar-refractivity contribution < 1.29 is 19.5 Å². The average molecular weight is 366 g/mol. The van der Waals surface area contributed by atoms with Crippen molar-refractivity contribution in [2.75, 3.05) is 11.9 Å². The number of benzene rings is 2. The van der Waals surface area contributed by atoms with Gasteiger partial charge in [-0.25, -0.2) is 4.79 Å². The van der Waals surface area contributed by atoms with Crippen LogP contribution in [0.2, 0.25) is 0 Å². The summed E-state index contributed by atoms with van der Waals surface area (Å²) in [5.74, 6) is -1.61. The molecule has 0 fully saturated rings. The number of rotatable bonds is 5. The molecule has 140 valence electrons. The number of hydrogen-bond acceptors (Lipinski definition) is 3. The number of carbonyl (C=O) groups excluding carboxylic acids is 2. The van der Waals surface area contributed by atoms with Crippen molar-refractivity contribution in [3.8, 4) is 0 Å². The molecule has 2 aromatic rings. The predicted molar refractivity (Wildman–Crippen MR) is 102 cm³/mol. The van der Waals surface area contributed by atoms with Crippen LogP contribution in [-0.2, 0) is 21.4 Å². The molecule has 0 bridgehead atoms. The van der Waals surface area contributed by atoms with E-state index in [4.69, 9.17) is 0 Å². The Labute approximate surface area is 157 Å². The van der Waals surface area contributed by atoms with E-state index in [1.165, 1.54) is 0 Å². The molecule has 6 heteroatoms. The molecule has 0 unspecified atom stereocenters. The van der Waals surface area contributed by atoms with E-state index in [0.29, 0.717) is 5.56 Å². The Kier molecular flexibility index (Phi) is 4.74. The van der Waals surface area contributed by atoms with Gasteiger partial charge in [0, 0.05) is 24.7 Å². The van der Waals surface area contributed by atoms with Gasteiger partial charge >= 0.3 is 5.97 Å². The second-order valence-corrected chi connectivity index (χ2v) is 7.28. The van der Waals surface area contributed by atoms with Crippen LogP contribution in [0.4, 0.5) is 5.69 Å². The molecule has 0 aliphatic carbocycles. The lowest BCUT2D eigenvalue weighted by Gasteiger charge is -2.17. The van der Waals surface area contributed by atoms with E-state index < -0.39 is 23.3 Å². The van der Waals surface area contributed by atoms with E-state index in [-0.39, 0.29) is 12.3 Å². The summed E-state index contributed by atoms with van der Waals surface area (Å²) in [5, 5.41) is 12.1. The predicted octanol–water partition coefficient (Wildman–Crippen LogP) is 2.37. The number of amides is 2. The molecule has 1 atom stereocenters. The number of carbonyl (C=O) groups is 3. The molecule has 0 aromatic heterocycles. The zero-order valence-electron chi connectivity index (χ0n) is 15.5. The lowest BCUT2D eigenvalue weighted by Crippen LogP contribution is -2.42. The summed E-state index contributed by atoms with van der Waals surface area (Å²) in [6, 6.07) is 13.1. The molecule has 2 aromatic carbocycles. The second kappa shape index (κ2) is 6.87. The number of carboxylic acid groups (broad SMARTS) is 1. The van der Waals surface area contributed by atoms with Crippen molar-refractivity contribution in [2.45, 2.75) is 31.7 Å². The third kappa shape index (κ3) is 3.43. The van der Waals surface area contributed by atoms with Gasteiger partial charge in [0.1, 0.15) is 6.04 Å². The number of likely N-dealkylation sites (N-methyl/N-ethyl adjacent to an activating group) is 1.